The maximum absolute atomic E-state index is 13.3. The first kappa shape index (κ1) is 23.2. The summed E-state index contributed by atoms with van der Waals surface area (Å²) in [5.74, 6) is -0.210. The second kappa shape index (κ2) is 8.56. The summed E-state index contributed by atoms with van der Waals surface area (Å²) in [5, 5.41) is 7.46. The maximum atomic E-state index is 13.3. The van der Waals surface area contributed by atoms with E-state index in [-0.39, 0.29) is 17.7 Å². The molecule has 1 aliphatic heterocycles. The van der Waals surface area contributed by atoms with E-state index in [2.05, 4.69) is 15.4 Å². The number of carbonyl (C=O) groups excluding carboxylic acids is 1. The molecule has 11 heteroatoms. The fourth-order valence-electron chi connectivity index (χ4n) is 4.08. The summed E-state index contributed by atoms with van der Waals surface area (Å²) in [6.07, 6.45) is -3.31. The lowest BCUT2D eigenvalue weighted by Gasteiger charge is -2.16. The summed E-state index contributed by atoms with van der Waals surface area (Å²) in [5.41, 5.74) is 1.84. The number of carbonyl (C=O) groups is 1. The molecule has 7 nitrogen and oxygen atoms in total. The van der Waals surface area contributed by atoms with Crippen LogP contribution in [0.2, 0.25) is 0 Å². The zero-order chi connectivity index (χ0) is 24.9. The summed E-state index contributed by atoms with van der Waals surface area (Å²) in [6, 6.07) is 10.1. The quantitative estimate of drug-likeness (QED) is 0.404. The van der Waals surface area contributed by atoms with E-state index in [0.29, 0.717) is 21.9 Å². The van der Waals surface area contributed by atoms with Crippen LogP contribution in [0.5, 0.6) is 0 Å². The van der Waals surface area contributed by atoms with Crippen LogP contribution in [0.1, 0.15) is 29.2 Å². The van der Waals surface area contributed by atoms with Gasteiger partial charge in [0.25, 0.3) is 5.56 Å². The molecular formula is C24H20F3N5O2S. The van der Waals surface area contributed by atoms with Crippen molar-refractivity contribution in [2.75, 3.05) is 11.1 Å². The monoisotopic (exact) mass is 499 g/mol. The molecule has 0 spiro atoms. The first-order chi connectivity index (χ1) is 16.6. The number of hydrogen-bond donors (Lipinski definition) is 1. The number of nitrogens with one attached hydrogen (secondary N) is 1. The summed E-state index contributed by atoms with van der Waals surface area (Å²) in [7, 11) is 0. The topological polar surface area (TPSA) is 81.8 Å². The van der Waals surface area contributed by atoms with Gasteiger partial charge in [0.1, 0.15) is 5.39 Å². The van der Waals surface area contributed by atoms with Crippen molar-refractivity contribution in [2.45, 2.75) is 37.6 Å². The van der Waals surface area contributed by atoms with Crippen molar-refractivity contribution in [2.24, 2.45) is 0 Å². The lowest BCUT2D eigenvalue weighted by Crippen LogP contribution is -2.28. The van der Waals surface area contributed by atoms with Gasteiger partial charge in [0.2, 0.25) is 5.91 Å². The third-order valence-corrected chi connectivity index (χ3v) is 7.13. The van der Waals surface area contributed by atoms with Crippen molar-refractivity contribution in [1.29, 1.82) is 0 Å². The molecule has 1 N–H and O–H groups in total. The van der Waals surface area contributed by atoms with Gasteiger partial charge in [-0.1, -0.05) is 30.0 Å². The van der Waals surface area contributed by atoms with Crippen LogP contribution in [0, 0.1) is 13.8 Å². The highest BCUT2D eigenvalue weighted by Gasteiger charge is 2.34. The van der Waals surface area contributed by atoms with Gasteiger partial charge in [-0.05, 0) is 49.2 Å². The SMILES string of the molecule is Cc1ccc(-n2ncc3c(=O)n4c(nc32)SCC4CC(=O)Nc2ccccc2C(F)(F)F)cc1C. The van der Waals surface area contributed by atoms with E-state index in [1.165, 1.54) is 40.7 Å². The Labute approximate surface area is 202 Å². The fourth-order valence-corrected chi connectivity index (χ4v) is 5.21. The highest BCUT2D eigenvalue weighted by Crippen LogP contribution is 2.36. The normalized spacial score (nSPS) is 15.4. The highest BCUT2D eigenvalue weighted by molar-refractivity contribution is 7.99. The Morgan fingerprint density at radius 1 is 1.17 bits per heavy atom. The molecule has 3 heterocycles. The molecule has 1 aliphatic rings. The molecule has 2 aromatic carbocycles. The van der Waals surface area contributed by atoms with E-state index in [4.69, 9.17) is 0 Å². The molecule has 4 aromatic rings. The molecule has 0 bridgehead atoms. The third kappa shape index (κ3) is 4.20. The van der Waals surface area contributed by atoms with Crippen LogP contribution in [0.3, 0.4) is 0 Å². The molecule has 0 radical (unpaired) electrons. The van der Waals surface area contributed by atoms with Crippen LogP contribution >= 0.6 is 11.8 Å². The van der Waals surface area contributed by atoms with Gasteiger partial charge in [-0.15, -0.1) is 0 Å². The van der Waals surface area contributed by atoms with E-state index < -0.39 is 23.7 Å². The van der Waals surface area contributed by atoms with E-state index in [0.717, 1.165) is 22.9 Å². The predicted molar refractivity (Wildman–Crippen MR) is 127 cm³/mol. The number of aromatic nitrogens is 4. The minimum absolute atomic E-state index is 0.162. The Morgan fingerprint density at radius 2 is 1.94 bits per heavy atom. The maximum Gasteiger partial charge on any atom is 0.418 e. The Balaban J connectivity index is 1.44. The first-order valence-electron chi connectivity index (χ1n) is 10.8. The third-order valence-electron chi connectivity index (χ3n) is 6.03. The second-order valence-corrected chi connectivity index (χ2v) is 9.38. The number of rotatable bonds is 4. The Bertz CT molecular complexity index is 1530. The highest BCUT2D eigenvalue weighted by atomic mass is 32.2. The lowest BCUT2D eigenvalue weighted by molar-refractivity contribution is -0.137. The van der Waals surface area contributed by atoms with Crippen molar-refractivity contribution < 1.29 is 18.0 Å². The average Bonchev–Trinajstić information content (AvgIpc) is 3.40. The number of hydrogen-bond acceptors (Lipinski definition) is 5. The smallest absolute Gasteiger partial charge is 0.325 e. The van der Waals surface area contributed by atoms with Gasteiger partial charge in [-0.3, -0.25) is 14.2 Å². The van der Waals surface area contributed by atoms with Gasteiger partial charge in [0, 0.05) is 12.2 Å². The average molecular weight is 500 g/mol. The Hall–Kier alpha value is -3.60. The number of aryl methyl sites for hydroxylation is 2. The molecule has 0 aliphatic carbocycles. The largest absolute Gasteiger partial charge is 0.418 e. The summed E-state index contributed by atoms with van der Waals surface area (Å²) >= 11 is 1.32. The van der Waals surface area contributed by atoms with E-state index in [1.54, 1.807) is 4.68 Å². The molecule has 1 unspecified atom stereocenters. The molecular weight excluding hydrogens is 479 g/mol. The van der Waals surface area contributed by atoms with Gasteiger partial charge >= 0.3 is 6.18 Å². The summed E-state index contributed by atoms with van der Waals surface area (Å²) < 4.78 is 42.8. The van der Waals surface area contributed by atoms with Crippen LogP contribution in [0.25, 0.3) is 16.7 Å². The molecule has 0 saturated carbocycles. The zero-order valence-corrected chi connectivity index (χ0v) is 19.6. The minimum atomic E-state index is -4.59. The number of halogens is 3. The van der Waals surface area contributed by atoms with E-state index in [9.17, 15) is 22.8 Å². The van der Waals surface area contributed by atoms with Gasteiger partial charge in [0.15, 0.2) is 10.8 Å². The molecule has 1 amide bonds. The van der Waals surface area contributed by atoms with Gasteiger partial charge < -0.3 is 5.32 Å². The van der Waals surface area contributed by atoms with Crippen molar-refractivity contribution in [3.05, 3.63) is 75.7 Å². The Morgan fingerprint density at radius 3 is 2.69 bits per heavy atom. The van der Waals surface area contributed by atoms with Crippen molar-refractivity contribution in [3.63, 3.8) is 0 Å². The van der Waals surface area contributed by atoms with Crippen molar-refractivity contribution >= 4 is 34.4 Å². The molecule has 5 rings (SSSR count). The van der Waals surface area contributed by atoms with E-state index >= 15 is 0 Å². The number of alkyl halides is 3. The van der Waals surface area contributed by atoms with E-state index in [1.807, 2.05) is 32.0 Å². The number of nitrogens with zero attached hydrogens (tertiary/aromatic N) is 4. The molecule has 2 aromatic heterocycles. The second-order valence-electron chi connectivity index (χ2n) is 8.39. The number of anilines is 1. The van der Waals surface area contributed by atoms with Crippen LogP contribution < -0.4 is 10.9 Å². The summed E-state index contributed by atoms with van der Waals surface area (Å²) in [6.45, 7) is 4.00. The van der Waals surface area contributed by atoms with Crippen LogP contribution in [0.4, 0.5) is 18.9 Å². The number of para-hydroxylation sites is 1. The molecule has 0 fully saturated rings. The fraction of sp³-hybridized carbons (Fsp3) is 0.250. The number of fused-ring (bicyclic) bond motifs is 2. The number of thioether (sulfide) groups is 1. The number of benzene rings is 2. The molecule has 180 valence electrons. The summed E-state index contributed by atoms with van der Waals surface area (Å²) in [4.78, 5) is 30.6. The first-order valence-corrected chi connectivity index (χ1v) is 11.8. The molecule has 0 saturated heterocycles. The van der Waals surface area contributed by atoms with Crippen LogP contribution in [0.15, 0.2) is 58.6 Å². The van der Waals surface area contributed by atoms with Gasteiger partial charge in [-0.25, -0.2) is 9.67 Å². The number of amides is 1. The zero-order valence-electron chi connectivity index (χ0n) is 18.8. The van der Waals surface area contributed by atoms with Crippen LogP contribution in [-0.4, -0.2) is 31.0 Å². The standard InChI is InChI=1S/C24H20F3N5O2S/c1-13-7-8-15(9-14(13)2)32-21-17(11-28-32)22(34)31-16(12-35-23(31)30-21)10-20(33)29-19-6-4-3-5-18(19)24(25,26)27/h3-9,11,16H,10,12H2,1-2H3,(H,29,33). The minimum Gasteiger partial charge on any atom is -0.325 e. The Kier molecular flexibility index (Phi) is 5.66. The van der Waals surface area contributed by atoms with Crippen molar-refractivity contribution in [3.8, 4) is 5.69 Å². The lowest BCUT2D eigenvalue weighted by atomic mass is 10.1. The molecule has 35 heavy (non-hydrogen) atoms. The van der Waals surface area contributed by atoms with Crippen molar-refractivity contribution in [1.82, 2.24) is 19.3 Å². The molecule has 1 atom stereocenters. The van der Waals surface area contributed by atoms with Gasteiger partial charge in [0.05, 0.1) is 29.2 Å². The van der Waals surface area contributed by atoms with Gasteiger partial charge in [-0.2, -0.15) is 18.3 Å². The predicted octanol–water partition coefficient (Wildman–Crippen LogP) is 4.89. The van der Waals surface area contributed by atoms with Crippen LogP contribution in [-0.2, 0) is 11.0 Å².